The van der Waals surface area contributed by atoms with Crippen molar-refractivity contribution in [2.45, 2.75) is 32.2 Å². The number of hydrogen-bond acceptors (Lipinski definition) is 4. The molecule has 1 aliphatic heterocycles. The van der Waals surface area contributed by atoms with E-state index in [-0.39, 0.29) is 37.6 Å². The number of nitrogens with zero attached hydrogens (tertiary/aromatic N) is 1. The normalized spacial score (nSPS) is 15.1. The summed E-state index contributed by atoms with van der Waals surface area (Å²) >= 11 is 23.8. The molecule has 1 aromatic carbocycles. The number of fused-ring (bicyclic) bond motifs is 1. The number of carboxylic acids is 1. The maximum absolute atomic E-state index is 12.5. The second kappa shape index (κ2) is 6.85. The lowest BCUT2D eigenvalue weighted by Gasteiger charge is -2.26. The summed E-state index contributed by atoms with van der Waals surface area (Å²) in [4.78, 5) is 37.0. The second-order valence-corrected chi connectivity index (χ2v) is 6.48. The first-order valence-corrected chi connectivity index (χ1v) is 8.19. The van der Waals surface area contributed by atoms with Crippen LogP contribution in [0.4, 0.5) is 0 Å². The molecule has 2 rings (SSSR count). The van der Waals surface area contributed by atoms with E-state index in [0.717, 1.165) is 0 Å². The molecule has 0 spiro atoms. The van der Waals surface area contributed by atoms with Gasteiger partial charge in [0.2, 0.25) is 0 Å². The number of rotatable bonds is 5. The topological polar surface area (TPSA) is 77.5 Å². The molecule has 1 aliphatic rings. The van der Waals surface area contributed by atoms with Gasteiger partial charge in [0, 0.05) is 0 Å². The number of amides is 2. The first-order valence-electron chi connectivity index (χ1n) is 6.68. The molecular weight excluding hydrogens is 388 g/mol. The van der Waals surface area contributed by atoms with Gasteiger partial charge in [0.1, 0.15) is 0 Å². The SMILES string of the molecule is CCCCC(C(=O)[O-])N1C(=O)c2c(Cl)c(Cl)c(Cl)c(Cl)c2C1=O. The van der Waals surface area contributed by atoms with Crippen molar-refractivity contribution in [3.63, 3.8) is 0 Å². The number of carbonyl (C=O) groups excluding carboxylic acids is 3. The Balaban J connectivity index is 2.59. The zero-order valence-electron chi connectivity index (χ0n) is 11.8. The zero-order chi connectivity index (χ0) is 17.5. The van der Waals surface area contributed by atoms with Crippen LogP contribution in [0.3, 0.4) is 0 Å². The van der Waals surface area contributed by atoms with Crippen LogP contribution in [0.2, 0.25) is 20.1 Å². The molecule has 0 radical (unpaired) electrons. The van der Waals surface area contributed by atoms with E-state index in [4.69, 9.17) is 46.4 Å². The van der Waals surface area contributed by atoms with E-state index in [1.54, 1.807) is 0 Å². The fourth-order valence-electron chi connectivity index (χ4n) is 2.40. The van der Waals surface area contributed by atoms with Gasteiger partial charge in [-0.25, -0.2) is 0 Å². The minimum Gasteiger partial charge on any atom is -0.548 e. The molecule has 0 N–H and O–H groups in total. The van der Waals surface area contributed by atoms with Gasteiger partial charge < -0.3 is 9.90 Å². The molecule has 0 saturated carbocycles. The highest BCUT2D eigenvalue weighted by atomic mass is 35.5. The van der Waals surface area contributed by atoms with Gasteiger partial charge in [-0.2, -0.15) is 0 Å². The van der Waals surface area contributed by atoms with Crippen LogP contribution in [0.15, 0.2) is 0 Å². The van der Waals surface area contributed by atoms with E-state index in [1.165, 1.54) is 0 Å². The Hall–Kier alpha value is -1.01. The van der Waals surface area contributed by atoms with Crippen molar-refractivity contribution >= 4 is 64.2 Å². The highest BCUT2D eigenvalue weighted by molar-refractivity contribution is 6.55. The fraction of sp³-hybridized carbons (Fsp3) is 0.357. The predicted octanol–water partition coefficient (Wildman–Crippen LogP) is 3.20. The van der Waals surface area contributed by atoms with Gasteiger partial charge in [-0.05, 0) is 6.42 Å². The second-order valence-electron chi connectivity index (χ2n) is 4.96. The van der Waals surface area contributed by atoms with Crippen LogP contribution in [0, 0.1) is 0 Å². The maximum Gasteiger partial charge on any atom is 0.263 e. The molecule has 1 aromatic rings. The number of benzene rings is 1. The van der Waals surface area contributed by atoms with Crippen LogP contribution in [0.1, 0.15) is 46.9 Å². The summed E-state index contributed by atoms with van der Waals surface area (Å²) in [6.07, 6.45) is 1.25. The number of carbonyl (C=O) groups is 3. The van der Waals surface area contributed by atoms with Crippen LogP contribution in [0.5, 0.6) is 0 Å². The molecule has 9 heteroatoms. The third kappa shape index (κ3) is 2.91. The van der Waals surface area contributed by atoms with Crippen LogP contribution >= 0.6 is 46.4 Å². The van der Waals surface area contributed by atoms with E-state index in [9.17, 15) is 19.5 Å². The number of hydrogen-bond donors (Lipinski definition) is 0. The lowest BCUT2D eigenvalue weighted by Crippen LogP contribution is -2.50. The van der Waals surface area contributed by atoms with Crippen molar-refractivity contribution in [3.05, 3.63) is 31.2 Å². The van der Waals surface area contributed by atoms with Crippen molar-refractivity contribution < 1.29 is 19.5 Å². The summed E-state index contributed by atoms with van der Waals surface area (Å²) < 4.78 is 0. The molecule has 0 bridgehead atoms. The summed E-state index contributed by atoms with van der Waals surface area (Å²) in [5.74, 6) is -3.28. The third-order valence-electron chi connectivity index (χ3n) is 3.55. The van der Waals surface area contributed by atoms with Gasteiger partial charge in [-0.1, -0.05) is 66.2 Å². The lowest BCUT2D eigenvalue weighted by molar-refractivity contribution is -0.310. The lowest BCUT2D eigenvalue weighted by atomic mass is 10.1. The first kappa shape index (κ1) is 18.3. The molecule has 1 heterocycles. The number of carboxylic acid groups (broad SMARTS) is 1. The molecule has 0 saturated heterocycles. The summed E-state index contributed by atoms with van der Waals surface area (Å²) in [5, 5.41) is 10.6. The number of imide groups is 1. The number of unbranched alkanes of at least 4 members (excludes halogenated alkanes) is 1. The highest BCUT2D eigenvalue weighted by Crippen LogP contribution is 2.45. The summed E-state index contributed by atoms with van der Waals surface area (Å²) in [5.41, 5.74) is -0.474. The fourth-order valence-corrected chi connectivity index (χ4v) is 3.41. The molecule has 1 atom stereocenters. The van der Waals surface area contributed by atoms with Crippen LogP contribution in [-0.2, 0) is 4.79 Å². The van der Waals surface area contributed by atoms with Crippen molar-refractivity contribution in [1.82, 2.24) is 4.90 Å². The largest absolute Gasteiger partial charge is 0.548 e. The predicted molar refractivity (Wildman–Crippen MR) is 85.3 cm³/mol. The van der Waals surface area contributed by atoms with Gasteiger partial charge in [0.05, 0.1) is 43.2 Å². The van der Waals surface area contributed by atoms with Crippen molar-refractivity contribution in [1.29, 1.82) is 0 Å². The minimum absolute atomic E-state index is 0.0704. The van der Waals surface area contributed by atoms with Gasteiger partial charge in [-0.15, -0.1) is 0 Å². The van der Waals surface area contributed by atoms with E-state index in [0.29, 0.717) is 17.7 Å². The van der Waals surface area contributed by atoms with Crippen molar-refractivity contribution in [2.75, 3.05) is 0 Å². The van der Waals surface area contributed by atoms with E-state index >= 15 is 0 Å². The summed E-state index contributed by atoms with van der Waals surface area (Å²) in [6, 6.07) is -1.41. The molecule has 0 aromatic heterocycles. The van der Waals surface area contributed by atoms with Crippen LogP contribution < -0.4 is 5.11 Å². The molecule has 2 amide bonds. The Morgan fingerprint density at radius 2 is 1.43 bits per heavy atom. The van der Waals surface area contributed by atoms with E-state index < -0.39 is 23.8 Å². The standard InChI is InChI=1S/C14H11Cl4NO4/c1-2-3-4-5(14(22)23)19-12(20)6-7(13(19)21)9(16)11(18)10(17)8(6)15/h5H,2-4H2,1H3,(H,22,23)/p-1. The molecule has 23 heavy (non-hydrogen) atoms. The number of aliphatic carboxylic acids is 1. The molecule has 1 unspecified atom stereocenters. The molecule has 0 aliphatic carbocycles. The first-order chi connectivity index (χ1) is 10.7. The molecule has 0 fully saturated rings. The van der Waals surface area contributed by atoms with Crippen LogP contribution in [-0.4, -0.2) is 28.7 Å². The molecular formula is C14H10Cl4NO4-. The molecule has 124 valence electrons. The van der Waals surface area contributed by atoms with Gasteiger partial charge >= 0.3 is 0 Å². The third-order valence-corrected chi connectivity index (χ3v) is 5.35. The Morgan fingerprint density at radius 3 is 1.78 bits per heavy atom. The smallest absolute Gasteiger partial charge is 0.263 e. The summed E-state index contributed by atoms with van der Waals surface area (Å²) in [6.45, 7) is 1.85. The Bertz CT molecular complexity index is 672. The average Bonchev–Trinajstić information content (AvgIpc) is 2.75. The van der Waals surface area contributed by atoms with Gasteiger partial charge in [0.25, 0.3) is 11.8 Å². The van der Waals surface area contributed by atoms with E-state index in [2.05, 4.69) is 0 Å². The zero-order valence-corrected chi connectivity index (χ0v) is 14.8. The quantitative estimate of drug-likeness (QED) is 0.434. The van der Waals surface area contributed by atoms with Crippen molar-refractivity contribution in [2.24, 2.45) is 0 Å². The maximum atomic E-state index is 12.5. The van der Waals surface area contributed by atoms with Gasteiger partial charge in [-0.3, -0.25) is 14.5 Å². The molecule has 5 nitrogen and oxygen atoms in total. The minimum atomic E-state index is -1.53. The van der Waals surface area contributed by atoms with E-state index in [1.807, 2.05) is 6.92 Å². The highest BCUT2D eigenvalue weighted by Gasteiger charge is 2.44. The Morgan fingerprint density at radius 1 is 1.00 bits per heavy atom. The monoisotopic (exact) mass is 396 g/mol. The number of halogens is 4. The van der Waals surface area contributed by atoms with Crippen LogP contribution in [0.25, 0.3) is 0 Å². The van der Waals surface area contributed by atoms with Crippen molar-refractivity contribution in [3.8, 4) is 0 Å². The average molecular weight is 398 g/mol. The Labute approximate surface area is 152 Å². The Kier molecular flexibility index (Phi) is 5.46. The summed E-state index contributed by atoms with van der Waals surface area (Å²) in [7, 11) is 0. The van der Waals surface area contributed by atoms with Gasteiger partial charge in [0.15, 0.2) is 0 Å².